The average molecular weight is 299 g/mol. The van der Waals surface area contributed by atoms with E-state index in [1.54, 1.807) is 0 Å². The highest BCUT2D eigenvalue weighted by Crippen LogP contribution is 2.12. The quantitative estimate of drug-likeness (QED) is 0.666. The van der Waals surface area contributed by atoms with Gasteiger partial charge in [-0.25, -0.2) is 13.1 Å². The summed E-state index contributed by atoms with van der Waals surface area (Å²) in [6, 6.07) is 9.06. The molecule has 114 valence electrons. The maximum absolute atomic E-state index is 12.0. The van der Waals surface area contributed by atoms with E-state index in [2.05, 4.69) is 4.72 Å². The second-order valence-corrected chi connectivity index (χ2v) is 7.02. The number of nitrogens with zero attached hydrogens (tertiary/aromatic N) is 1. The van der Waals surface area contributed by atoms with E-state index in [4.69, 9.17) is 5.73 Å². The lowest BCUT2D eigenvalue weighted by molar-refractivity contribution is 0.398. The molecule has 0 aliphatic heterocycles. The molecule has 0 heterocycles. The molecule has 0 bridgehead atoms. The van der Waals surface area contributed by atoms with Gasteiger partial charge in [0.25, 0.3) is 0 Å². The zero-order valence-corrected chi connectivity index (χ0v) is 13.1. The Morgan fingerprint density at radius 2 is 1.85 bits per heavy atom. The number of unbranched alkanes of at least 4 members (excludes halogenated alkanes) is 1. The molecule has 0 aliphatic rings. The minimum Gasteiger partial charge on any atom is -0.329 e. The lowest BCUT2D eigenvalue weighted by atomic mass is 10.1. The van der Waals surface area contributed by atoms with Crippen molar-refractivity contribution in [1.82, 2.24) is 9.62 Å². The molecule has 0 amide bonds. The van der Waals surface area contributed by atoms with Crippen LogP contribution < -0.4 is 10.5 Å². The monoisotopic (exact) mass is 299 g/mol. The first kappa shape index (κ1) is 17.1. The van der Waals surface area contributed by atoms with E-state index in [1.807, 2.05) is 49.3 Å². The van der Waals surface area contributed by atoms with Gasteiger partial charge < -0.3 is 10.6 Å². The maximum atomic E-state index is 12.0. The third-order valence-corrected chi connectivity index (χ3v) is 4.50. The van der Waals surface area contributed by atoms with Gasteiger partial charge in [-0.1, -0.05) is 30.3 Å². The topological polar surface area (TPSA) is 75.4 Å². The van der Waals surface area contributed by atoms with Crippen molar-refractivity contribution in [3.05, 3.63) is 35.9 Å². The third-order valence-electron chi connectivity index (χ3n) is 3.03. The predicted molar refractivity (Wildman–Crippen MR) is 82.9 cm³/mol. The summed E-state index contributed by atoms with van der Waals surface area (Å²) in [5.74, 6) is 0.143. The van der Waals surface area contributed by atoms with Crippen molar-refractivity contribution in [3.63, 3.8) is 0 Å². The fourth-order valence-corrected chi connectivity index (χ4v) is 3.30. The van der Waals surface area contributed by atoms with Crippen LogP contribution in [0.5, 0.6) is 0 Å². The highest BCUT2D eigenvalue weighted by atomic mass is 32.2. The molecular weight excluding hydrogens is 274 g/mol. The Kier molecular flexibility index (Phi) is 7.15. The van der Waals surface area contributed by atoms with Crippen molar-refractivity contribution in [2.45, 2.75) is 18.9 Å². The molecule has 6 heteroatoms. The van der Waals surface area contributed by atoms with Crippen LogP contribution in [0.3, 0.4) is 0 Å². The number of nitrogens with two attached hydrogens (primary N) is 1. The van der Waals surface area contributed by atoms with E-state index >= 15 is 0 Å². The molecule has 0 aliphatic carbocycles. The van der Waals surface area contributed by atoms with Crippen LogP contribution in [0.25, 0.3) is 0 Å². The van der Waals surface area contributed by atoms with Gasteiger partial charge in [0.05, 0.1) is 11.8 Å². The summed E-state index contributed by atoms with van der Waals surface area (Å²) >= 11 is 0. The van der Waals surface area contributed by atoms with Gasteiger partial charge in [0, 0.05) is 6.54 Å². The minimum atomic E-state index is -3.29. The summed E-state index contributed by atoms with van der Waals surface area (Å²) in [5.41, 5.74) is 6.57. The van der Waals surface area contributed by atoms with Crippen molar-refractivity contribution >= 4 is 10.0 Å². The standard InChI is InChI=1S/C14H25N3O2S/c1-17(2)10-6-7-11-20(18,19)16-14(12-15)13-8-4-3-5-9-13/h3-5,8-9,14,16H,6-7,10-12,15H2,1-2H3. The number of benzene rings is 1. The molecule has 0 saturated heterocycles. The number of hydrogen-bond donors (Lipinski definition) is 2. The molecule has 5 nitrogen and oxygen atoms in total. The zero-order chi connectivity index (χ0) is 15.0. The van der Waals surface area contributed by atoms with Crippen molar-refractivity contribution in [1.29, 1.82) is 0 Å². The number of rotatable bonds is 9. The molecule has 0 saturated carbocycles. The first-order chi connectivity index (χ1) is 9.44. The van der Waals surface area contributed by atoms with E-state index in [1.165, 1.54) is 0 Å². The van der Waals surface area contributed by atoms with Crippen LogP contribution in [-0.2, 0) is 10.0 Å². The summed E-state index contributed by atoms with van der Waals surface area (Å²) in [6.45, 7) is 1.15. The Morgan fingerprint density at radius 1 is 1.20 bits per heavy atom. The zero-order valence-electron chi connectivity index (χ0n) is 12.2. The van der Waals surface area contributed by atoms with Crippen LogP contribution in [0.1, 0.15) is 24.4 Å². The van der Waals surface area contributed by atoms with Crippen LogP contribution in [0.15, 0.2) is 30.3 Å². The lowest BCUT2D eigenvalue weighted by Crippen LogP contribution is -2.35. The van der Waals surface area contributed by atoms with Gasteiger partial charge in [-0.15, -0.1) is 0 Å². The van der Waals surface area contributed by atoms with Gasteiger partial charge in [-0.2, -0.15) is 0 Å². The summed E-state index contributed by atoms with van der Waals surface area (Å²) in [4.78, 5) is 2.05. The molecule has 1 rings (SSSR count). The van der Waals surface area contributed by atoms with Gasteiger partial charge in [0.1, 0.15) is 0 Å². The molecule has 0 radical (unpaired) electrons. The summed E-state index contributed by atoms with van der Waals surface area (Å²) in [6.07, 6.45) is 1.52. The molecule has 3 N–H and O–H groups in total. The van der Waals surface area contributed by atoms with Gasteiger partial charge in [0.15, 0.2) is 0 Å². The van der Waals surface area contributed by atoms with Crippen LogP contribution in [0.2, 0.25) is 0 Å². The largest absolute Gasteiger partial charge is 0.329 e. The Morgan fingerprint density at radius 3 is 2.40 bits per heavy atom. The number of sulfonamides is 1. The molecule has 0 fully saturated rings. The molecule has 1 aromatic rings. The highest BCUT2D eigenvalue weighted by molar-refractivity contribution is 7.89. The Labute approximate surface area is 122 Å². The van der Waals surface area contributed by atoms with Crippen molar-refractivity contribution in [2.75, 3.05) is 32.9 Å². The van der Waals surface area contributed by atoms with Gasteiger partial charge in [-0.05, 0) is 39.0 Å². The van der Waals surface area contributed by atoms with E-state index < -0.39 is 10.0 Å². The van der Waals surface area contributed by atoms with Crippen molar-refractivity contribution in [2.24, 2.45) is 5.73 Å². The maximum Gasteiger partial charge on any atom is 0.212 e. The molecule has 1 aromatic carbocycles. The first-order valence-corrected chi connectivity index (χ1v) is 8.49. The molecular formula is C14H25N3O2S. The highest BCUT2D eigenvalue weighted by Gasteiger charge is 2.17. The fourth-order valence-electron chi connectivity index (χ4n) is 1.93. The fraction of sp³-hybridized carbons (Fsp3) is 0.571. The van der Waals surface area contributed by atoms with E-state index in [0.29, 0.717) is 6.42 Å². The third kappa shape index (κ3) is 6.47. The molecule has 20 heavy (non-hydrogen) atoms. The molecule has 1 unspecified atom stereocenters. The Balaban J connectivity index is 2.51. The molecule has 0 spiro atoms. The lowest BCUT2D eigenvalue weighted by Gasteiger charge is -2.17. The van der Waals surface area contributed by atoms with Gasteiger partial charge >= 0.3 is 0 Å². The van der Waals surface area contributed by atoms with E-state index in [9.17, 15) is 8.42 Å². The molecule has 0 aromatic heterocycles. The minimum absolute atomic E-state index is 0.143. The predicted octanol–water partition coefficient (Wildman–Crippen LogP) is 0.948. The second kappa shape index (κ2) is 8.36. The molecule has 1 atom stereocenters. The number of nitrogens with one attached hydrogen (secondary N) is 1. The van der Waals surface area contributed by atoms with Crippen LogP contribution >= 0.6 is 0 Å². The van der Waals surface area contributed by atoms with Gasteiger partial charge in [0.2, 0.25) is 10.0 Å². The first-order valence-electron chi connectivity index (χ1n) is 6.84. The van der Waals surface area contributed by atoms with Crippen molar-refractivity contribution in [3.8, 4) is 0 Å². The summed E-state index contributed by atoms with van der Waals surface area (Å²) < 4.78 is 26.8. The Bertz CT molecular complexity index is 474. The second-order valence-electron chi connectivity index (χ2n) is 5.15. The smallest absolute Gasteiger partial charge is 0.212 e. The number of hydrogen-bond acceptors (Lipinski definition) is 4. The van der Waals surface area contributed by atoms with Crippen LogP contribution in [0, 0.1) is 0 Å². The van der Waals surface area contributed by atoms with Gasteiger partial charge in [-0.3, -0.25) is 0 Å². The SMILES string of the molecule is CN(C)CCCCS(=O)(=O)NC(CN)c1ccccc1. The van der Waals surface area contributed by atoms with Crippen LogP contribution in [-0.4, -0.2) is 46.3 Å². The van der Waals surface area contributed by atoms with E-state index in [0.717, 1.165) is 18.5 Å². The summed E-state index contributed by atoms with van der Waals surface area (Å²) in [7, 11) is 0.670. The van der Waals surface area contributed by atoms with Crippen molar-refractivity contribution < 1.29 is 8.42 Å². The average Bonchev–Trinajstić information content (AvgIpc) is 2.42. The Hall–Kier alpha value is -0.950. The van der Waals surface area contributed by atoms with E-state index in [-0.39, 0.29) is 18.3 Å². The normalized spacial score (nSPS) is 13.6. The summed E-state index contributed by atoms with van der Waals surface area (Å²) in [5, 5.41) is 0. The van der Waals surface area contributed by atoms with Crippen LogP contribution in [0.4, 0.5) is 0 Å².